The molecule has 164 valence electrons. The van der Waals surface area contributed by atoms with Crippen molar-refractivity contribution in [3.63, 3.8) is 0 Å². The molecule has 0 saturated carbocycles. The van der Waals surface area contributed by atoms with Crippen LogP contribution in [0.1, 0.15) is 31.6 Å². The molecule has 2 fully saturated rings. The third kappa shape index (κ3) is 4.07. The normalized spacial score (nSPS) is 22.9. The standard InChI is InChI=1S/C22H26N4O4S/c1-22(2,3)26-21(27)19(20(31(26,28)29)16-7-5-4-6-8-16)24-17-9-10-18(23-15-17)25-11-13-30-14-12-25/h4-10,15,20H,11-14H2,1-3H3. The minimum atomic E-state index is -3.97. The third-order valence-electron chi connectivity index (χ3n) is 5.23. The molecule has 1 atom stereocenters. The number of rotatable bonds is 3. The van der Waals surface area contributed by atoms with Crippen LogP contribution in [-0.2, 0) is 19.6 Å². The second kappa shape index (κ2) is 8.05. The number of aromatic nitrogens is 1. The maximum Gasteiger partial charge on any atom is 0.284 e. The first-order valence-electron chi connectivity index (χ1n) is 10.2. The fraction of sp³-hybridized carbons (Fsp3) is 0.409. The summed E-state index contributed by atoms with van der Waals surface area (Å²) in [6.07, 6.45) is 1.57. The molecule has 4 rings (SSSR count). The van der Waals surface area contributed by atoms with E-state index in [2.05, 4.69) is 14.9 Å². The molecule has 8 nitrogen and oxygen atoms in total. The lowest BCUT2D eigenvalue weighted by Crippen LogP contribution is -2.45. The highest BCUT2D eigenvalue weighted by atomic mass is 32.2. The average molecular weight is 443 g/mol. The number of pyridine rings is 1. The lowest BCUT2D eigenvalue weighted by Gasteiger charge is -2.30. The van der Waals surface area contributed by atoms with Gasteiger partial charge in [0.25, 0.3) is 15.9 Å². The van der Waals surface area contributed by atoms with Crippen LogP contribution in [0.2, 0.25) is 0 Å². The summed E-state index contributed by atoms with van der Waals surface area (Å²) in [7, 11) is -3.97. The molecule has 0 aliphatic carbocycles. The predicted molar refractivity (Wildman–Crippen MR) is 119 cm³/mol. The quantitative estimate of drug-likeness (QED) is 0.726. The highest BCUT2D eigenvalue weighted by Gasteiger charge is 2.54. The Labute approximate surface area is 182 Å². The van der Waals surface area contributed by atoms with Crippen molar-refractivity contribution in [2.24, 2.45) is 4.99 Å². The zero-order valence-electron chi connectivity index (χ0n) is 17.9. The van der Waals surface area contributed by atoms with Crippen LogP contribution in [0.5, 0.6) is 0 Å². The van der Waals surface area contributed by atoms with Gasteiger partial charge in [0.2, 0.25) is 0 Å². The number of hydrogen-bond acceptors (Lipinski definition) is 7. The zero-order chi connectivity index (χ0) is 22.2. The molecule has 0 radical (unpaired) electrons. The first kappa shape index (κ1) is 21.5. The largest absolute Gasteiger partial charge is 0.378 e. The van der Waals surface area contributed by atoms with E-state index in [9.17, 15) is 13.2 Å². The molecule has 1 amide bonds. The molecular weight excluding hydrogens is 416 g/mol. The van der Waals surface area contributed by atoms with E-state index in [0.29, 0.717) is 24.5 Å². The molecule has 2 saturated heterocycles. The van der Waals surface area contributed by atoms with Crippen molar-refractivity contribution in [2.45, 2.75) is 31.6 Å². The highest BCUT2D eigenvalue weighted by molar-refractivity contribution is 7.91. The smallest absolute Gasteiger partial charge is 0.284 e. The molecule has 2 aromatic rings. The molecule has 9 heteroatoms. The molecule has 1 aromatic heterocycles. The summed E-state index contributed by atoms with van der Waals surface area (Å²) in [4.78, 5) is 24.3. The molecule has 31 heavy (non-hydrogen) atoms. The fourth-order valence-electron chi connectivity index (χ4n) is 3.89. The second-order valence-electron chi connectivity index (χ2n) is 8.55. The molecule has 2 aliphatic rings. The van der Waals surface area contributed by atoms with E-state index in [1.165, 1.54) is 0 Å². The lowest BCUT2D eigenvalue weighted by molar-refractivity contribution is -0.122. The number of morpholine rings is 1. The van der Waals surface area contributed by atoms with Gasteiger partial charge in [0.15, 0.2) is 5.25 Å². The van der Waals surface area contributed by atoms with Crippen LogP contribution >= 0.6 is 0 Å². The third-order valence-corrected chi connectivity index (χ3v) is 7.55. The summed E-state index contributed by atoms with van der Waals surface area (Å²) >= 11 is 0. The zero-order valence-corrected chi connectivity index (χ0v) is 18.7. The van der Waals surface area contributed by atoms with Crippen LogP contribution < -0.4 is 4.90 Å². The maximum atomic E-state index is 13.4. The Balaban J connectivity index is 1.75. The van der Waals surface area contributed by atoms with E-state index >= 15 is 0 Å². The topological polar surface area (TPSA) is 92.2 Å². The van der Waals surface area contributed by atoms with Crippen molar-refractivity contribution in [1.82, 2.24) is 9.29 Å². The number of carbonyl (C=O) groups excluding carboxylic acids is 1. The van der Waals surface area contributed by atoms with Gasteiger partial charge in [-0.25, -0.2) is 22.7 Å². The molecule has 0 N–H and O–H groups in total. The van der Waals surface area contributed by atoms with Crippen LogP contribution in [0, 0.1) is 0 Å². The van der Waals surface area contributed by atoms with Crippen LogP contribution in [0.3, 0.4) is 0 Å². The van der Waals surface area contributed by atoms with Gasteiger partial charge < -0.3 is 9.64 Å². The van der Waals surface area contributed by atoms with Gasteiger partial charge in [-0.15, -0.1) is 0 Å². The predicted octanol–water partition coefficient (Wildman–Crippen LogP) is 2.70. The van der Waals surface area contributed by atoms with E-state index in [4.69, 9.17) is 4.74 Å². The van der Waals surface area contributed by atoms with Gasteiger partial charge >= 0.3 is 0 Å². The lowest BCUT2D eigenvalue weighted by atomic mass is 10.0. The van der Waals surface area contributed by atoms with Crippen molar-refractivity contribution >= 4 is 33.1 Å². The molecule has 1 aromatic carbocycles. The van der Waals surface area contributed by atoms with E-state index in [1.807, 2.05) is 6.07 Å². The van der Waals surface area contributed by atoms with Crippen molar-refractivity contribution in [3.05, 3.63) is 54.2 Å². The molecule has 2 aliphatic heterocycles. The number of sulfonamides is 1. The van der Waals surface area contributed by atoms with Gasteiger partial charge in [-0.1, -0.05) is 30.3 Å². The van der Waals surface area contributed by atoms with E-state index < -0.39 is 26.7 Å². The molecule has 1 unspecified atom stereocenters. The first-order chi connectivity index (χ1) is 14.7. The Bertz CT molecular complexity index is 1090. The van der Waals surface area contributed by atoms with Crippen LogP contribution in [0.25, 0.3) is 0 Å². The van der Waals surface area contributed by atoms with Crippen molar-refractivity contribution in [2.75, 3.05) is 31.2 Å². The number of nitrogens with zero attached hydrogens (tertiary/aromatic N) is 4. The van der Waals surface area contributed by atoms with Gasteiger partial charge in [0, 0.05) is 13.1 Å². The van der Waals surface area contributed by atoms with Gasteiger partial charge in [0.1, 0.15) is 11.5 Å². The van der Waals surface area contributed by atoms with E-state index in [1.54, 1.807) is 63.4 Å². The Kier molecular flexibility index (Phi) is 5.57. The van der Waals surface area contributed by atoms with Gasteiger partial charge in [-0.05, 0) is 38.5 Å². The summed E-state index contributed by atoms with van der Waals surface area (Å²) in [5.74, 6) is 0.201. The van der Waals surface area contributed by atoms with E-state index in [0.717, 1.165) is 23.2 Å². The van der Waals surface area contributed by atoms with Gasteiger partial charge in [0.05, 0.1) is 30.6 Å². The Morgan fingerprint density at radius 1 is 1.06 bits per heavy atom. The summed E-state index contributed by atoms with van der Waals surface area (Å²) < 4.78 is 33.1. The number of benzene rings is 1. The molecule has 0 bridgehead atoms. The molecule has 3 heterocycles. The van der Waals surface area contributed by atoms with Crippen LogP contribution in [-0.4, -0.2) is 61.2 Å². The van der Waals surface area contributed by atoms with Gasteiger partial charge in [-0.2, -0.15) is 0 Å². The van der Waals surface area contributed by atoms with Crippen molar-refractivity contribution < 1.29 is 17.9 Å². The molecule has 0 spiro atoms. The van der Waals surface area contributed by atoms with Crippen molar-refractivity contribution in [1.29, 1.82) is 0 Å². The van der Waals surface area contributed by atoms with E-state index in [-0.39, 0.29) is 5.71 Å². The van der Waals surface area contributed by atoms with Crippen molar-refractivity contribution in [3.8, 4) is 0 Å². The SMILES string of the molecule is CC(C)(C)N1C(=O)C(=Nc2ccc(N3CCOCC3)nc2)C(c2ccccc2)S1(=O)=O. The average Bonchev–Trinajstić information content (AvgIpc) is 2.94. The minimum absolute atomic E-state index is 0.0120. The summed E-state index contributed by atoms with van der Waals surface area (Å²) in [5.41, 5.74) is 0.0344. The number of aliphatic imine (C=N–C) groups is 1. The molecular formula is C22H26N4O4S. The van der Waals surface area contributed by atoms with Gasteiger partial charge in [-0.3, -0.25) is 4.79 Å². The second-order valence-corrected chi connectivity index (χ2v) is 10.4. The summed E-state index contributed by atoms with van der Waals surface area (Å²) in [6.45, 7) is 7.92. The monoisotopic (exact) mass is 442 g/mol. The maximum absolute atomic E-state index is 13.4. The Morgan fingerprint density at radius 3 is 2.32 bits per heavy atom. The number of ether oxygens (including phenoxy) is 1. The number of carbonyl (C=O) groups is 1. The Hall–Kier alpha value is -2.78. The fourth-order valence-corrected chi connectivity index (χ4v) is 6.13. The Morgan fingerprint density at radius 2 is 1.74 bits per heavy atom. The van der Waals surface area contributed by atoms with Crippen LogP contribution in [0.4, 0.5) is 11.5 Å². The highest BCUT2D eigenvalue weighted by Crippen LogP contribution is 2.39. The minimum Gasteiger partial charge on any atom is -0.378 e. The first-order valence-corrected chi connectivity index (χ1v) is 11.7. The summed E-state index contributed by atoms with van der Waals surface area (Å²) in [6, 6.07) is 12.3. The number of amides is 1. The summed E-state index contributed by atoms with van der Waals surface area (Å²) in [5, 5.41) is -1.15. The number of hydrogen-bond donors (Lipinski definition) is 0. The van der Waals surface area contributed by atoms with Crippen LogP contribution in [0.15, 0.2) is 53.7 Å². The number of anilines is 1.